The summed E-state index contributed by atoms with van der Waals surface area (Å²) in [6.07, 6.45) is 7.79. The lowest BCUT2D eigenvalue weighted by Crippen LogP contribution is -2.14. The third-order valence-electron chi connectivity index (χ3n) is 10.5. The highest BCUT2D eigenvalue weighted by Crippen LogP contribution is 2.55. The van der Waals surface area contributed by atoms with Crippen LogP contribution in [0.4, 0.5) is 28.4 Å². The summed E-state index contributed by atoms with van der Waals surface area (Å²) in [4.78, 5) is 4.89. The van der Waals surface area contributed by atoms with Crippen LogP contribution in [-0.2, 0) is 0 Å². The molecule has 1 atom stereocenters. The van der Waals surface area contributed by atoms with Crippen LogP contribution in [0.1, 0.15) is 17.9 Å². The summed E-state index contributed by atoms with van der Waals surface area (Å²) >= 11 is 0. The van der Waals surface area contributed by atoms with Crippen LogP contribution in [0.3, 0.4) is 0 Å². The molecule has 0 bridgehead atoms. The molecule has 1 heterocycles. The fourth-order valence-electron chi connectivity index (χ4n) is 8.32. The van der Waals surface area contributed by atoms with E-state index in [0.29, 0.717) is 0 Å². The lowest BCUT2D eigenvalue weighted by molar-refractivity contribution is 0.819. The highest BCUT2D eigenvalue weighted by molar-refractivity contribution is 6.23. The minimum absolute atomic E-state index is 0.275. The summed E-state index contributed by atoms with van der Waals surface area (Å²) in [7, 11) is 0. The maximum atomic E-state index is 2.45. The van der Waals surface area contributed by atoms with Gasteiger partial charge in [0.2, 0.25) is 0 Å². The first-order valence-electron chi connectivity index (χ1n) is 17.5. The van der Waals surface area contributed by atoms with Gasteiger partial charge in [0.1, 0.15) is 0 Å². The summed E-state index contributed by atoms with van der Waals surface area (Å²) in [6, 6.07) is 62.0. The molecule has 50 heavy (non-hydrogen) atoms. The molecule has 0 spiro atoms. The van der Waals surface area contributed by atoms with Gasteiger partial charge in [-0.3, -0.25) is 0 Å². The highest BCUT2D eigenvalue weighted by Gasteiger charge is 2.38. The second kappa shape index (κ2) is 11.6. The van der Waals surface area contributed by atoms with E-state index in [1.54, 1.807) is 0 Å². The Hall–Kier alpha value is -6.38. The van der Waals surface area contributed by atoms with E-state index in [1.807, 2.05) is 0 Å². The molecule has 8 aromatic carbocycles. The van der Waals surface area contributed by atoms with E-state index in [0.717, 1.165) is 17.8 Å². The maximum Gasteiger partial charge on any atom is 0.0521 e. The quantitative estimate of drug-likeness (QED) is 0.173. The van der Waals surface area contributed by atoms with Crippen LogP contribution in [-0.4, -0.2) is 0 Å². The van der Waals surface area contributed by atoms with Crippen LogP contribution in [0.2, 0.25) is 0 Å². The van der Waals surface area contributed by atoms with Crippen molar-refractivity contribution in [2.45, 2.75) is 12.3 Å². The van der Waals surface area contributed by atoms with Gasteiger partial charge in [-0.05, 0) is 111 Å². The van der Waals surface area contributed by atoms with Crippen LogP contribution in [0.15, 0.2) is 194 Å². The monoisotopic (exact) mass is 638 g/mol. The Morgan fingerprint density at radius 2 is 1.22 bits per heavy atom. The van der Waals surface area contributed by atoms with Crippen molar-refractivity contribution in [2.75, 3.05) is 9.80 Å². The first-order chi connectivity index (χ1) is 24.8. The Bertz CT molecular complexity index is 2620. The zero-order valence-electron chi connectivity index (χ0n) is 27.6. The zero-order chi connectivity index (χ0) is 33.0. The van der Waals surface area contributed by atoms with Gasteiger partial charge in [0.25, 0.3) is 0 Å². The number of anilines is 5. The Balaban J connectivity index is 1.13. The summed E-state index contributed by atoms with van der Waals surface area (Å²) < 4.78 is 0. The molecule has 236 valence electrons. The number of benzene rings is 8. The SMILES string of the molecule is C1=CCC2C(=C1)N(c1ccccc1)c1cccc(N(c3ccccc3)c3ccc(-c4cc5ccc6ccccc6c5c5ccccc45)cc3)c12. The molecule has 0 fully saturated rings. The molecule has 0 radical (unpaired) electrons. The van der Waals surface area contributed by atoms with Crippen LogP contribution in [0.5, 0.6) is 0 Å². The third-order valence-corrected chi connectivity index (χ3v) is 10.5. The molecule has 0 N–H and O–H groups in total. The van der Waals surface area contributed by atoms with E-state index >= 15 is 0 Å². The van der Waals surface area contributed by atoms with Gasteiger partial charge in [-0.25, -0.2) is 0 Å². The zero-order valence-corrected chi connectivity index (χ0v) is 27.6. The van der Waals surface area contributed by atoms with Crippen molar-refractivity contribution in [2.24, 2.45) is 0 Å². The lowest BCUT2D eigenvalue weighted by Gasteiger charge is -2.29. The standard InChI is InChI=1S/C48H34N2/c1-3-15-36(16-4-1)49(45-24-13-25-46-48(45)42-22-11-12-23-44(42)50(46)37-17-5-2-6-18-37)38-30-28-34(29-31-38)43-32-35-27-26-33-14-7-8-19-39(33)47(35)41-21-10-9-20-40(41)43/h1-21,23-32,42H,22H2. The van der Waals surface area contributed by atoms with Crippen molar-refractivity contribution >= 4 is 60.8 Å². The number of hydrogen-bond acceptors (Lipinski definition) is 2. The fraction of sp³-hybridized carbons (Fsp3) is 0.0417. The minimum atomic E-state index is 0.275. The van der Waals surface area contributed by atoms with Gasteiger partial charge in [-0.2, -0.15) is 0 Å². The average Bonchev–Trinajstić information content (AvgIpc) is 3.54. The summed E-state index contributed by atoms with van der Waals surface area (Å²) in [5.74, 6) is 0.275. The number of nitrogens with zero attached hydrogens (tertiary/aromatic N) is 2. The number of hydrogen-bond donors (Lipinski definition) is 0. The molecule has 8 aromatic rings. The number of allylic oxidation sites excluding steroid dienone is 4. The van der Waals surface area contributed by atoms with E-state index in [2.05, 4.69) is 198 Å². The van der Waals surface area contributed by atoms with E-state index in [1.165, 1.54) is 71.8 Å². The molecule has 0 aromatic heterocycles. The van der Waals surface area contributed by atoms with E-state index in [-0.39, 0.29) is 5.92 Å². The average molecular weight is 639 g/mol. The van der Waals surface area contributed by atoms with Crippen molar-refractivity contribution < 1.29 is 0 Å². The van der Waals surface area contributed by atoms with Gasteiger partial charge in [0, 0.05) is 34.2 Å². The predicted octanol–water partition coefficient (Wildman–Crippen LogP) is 13.4. The predicted molar refractivity (Wildman–Crippen MR) is 212 cm³/mol. The first-order valence-corrected chi connectivity index (χ1v) is 17.5. The first kappa shape index (κ1) is 28.6. The minimum Gasteiger partial charge on any atom is -0.313 e. The second-order valence-electron chi connectivity index (χ2n) is 13.3. The Morgan fingerprint density at radius 1 is 0.540 bits per heavy atom. The molecule has 2 heteroatoms. The number of fused-ring (bicyclic) bond motifs is 8. The van der Waals surface area contributed by atoms with Gasteiger partial charge >= 0.3 is 0 Å². The third kappa shape index (κ3) is 4.49. The highest BCUT2D eigenvalue weighted by atomic mass is 15.2. The Labute approximate surface area is 292 Å². The van der Waals surface area contributed by atoms with Crippen LogP contribution in [0, 0.1) is 0 Å². The Morgan fingerprint density at radius 3 is 2.04 bits per heavy atom. The summed E-state index contributed by atoms with van der Waals surface area (Å²) in [5.41, 5.74) is 11.1. The molecule has 1 aliphatic carbocycles. The molecule has 1 aliphatic heterocycles. The smallest absolute Gasteiger partial charge is 0.0521 e. The molecular weight excluding hydrogens is 605 g/mol. The fourth-order valence-corrected chi connectivity index (χ4v) is 8.32. The van der Waals surface area contributed by atoms with Crippen molar-refractivity contribution in [1.82, 2.24) is 0 Å². The molecule has 0 saturated carbocycles. The van der Waals surface area contributed by atoms with Crippen molar-refractivity contribution in [1.29, 1.82) is 0 Å². The van der Waals surface area contributed by atoms with Crippen LogP contribution < -0.4 is 9.80 Å². The molecule has 10 rings (SSSR count). The van der Waals surface area contributed by atoms with E-state index < -0.39 is 0 Å². The lowest BCUT2D eigenvalue weighted by atomic mass is 9.90. The molecule has 1 unspecified atom stereocenters. The van der Waals surface area contributed by atoms with E-state index in [4.69, 9.17) is 0 Å². The van der Waals surface area contributed by atoms with Crippen molar-refractivity contribution in [3.63, 3.8) is 0 Å². The normalized spacial score (nSPS) is 14.9. The number of para-hydroxylation sites is 2. The second-order valence-corrected chi connectivity index (χ2v) is 13.3. The summed E-state index contributed by atoms with van der Waals surface area (Å²) in [6.45, 7) is 0. The van der Waals surface area contributed by atoms with Gasteiger partial charge in [-0.1, -0.05) is 127 Å². The molecular formula is C48H34N2. The van der Waals surface area contributed by atoms with Crippen molar-refractivity contribution in [3.05, 3.63) is 199 Å². The van der Waals surface area contributed by atoms with Gasteiger partial charge in [0.15, 0.2) is 0 Å². The van der Waals surface area contributed by atoms with Gasteiger partial charge in [-0.15, -0.1) is 0 Å². The Kier molecular flexibility index (Phi) is 6.67. The number of rotatable bonds is 5. The van der Waals surface area contributed by atoms with E-state index in [9.17, 15) is 0 Å². The van der Waals surface area contributed by atoms with Gasteiger partial charge in [0.05, 0.1) is 11.4 Å². The maximum absolute atomic E-state index is 2.45. The molecule has 0 amide bonds. The molecule has 2 aliphatic rings. The van der Waals surface area contributed by atoms with Crippen molar-refractivity contribution in [3.8, 4) is 11.1 Å². The molecule has 0 saturated heterocycles. The topological polar surface area (TPSA) is 6.48 Å². The van der Waals surface area contributed by atoms with Gasteiger partial charge < -0.3 is 9.80 Å². The summed E-state index contributed by atoms with van der Waals surface area (Å²) in [5, 5.41) is 7.72. The van der Waals surface area contributed by atoms with Crippen LogP contribution >= 0.6 is 0 Å². The van der Waals surface area contributed by atoms with Crippen LogP contribution in [0.25, 0.3) is 43.4 Å². The largest absolute Gasteiger partial charge is 0.313 e. The molecule has 2 nitrogen and oxygen atoms in total.